The molecule has 0 spiro atoms. The molecule has 1 heterocycles. The van der Waals surface area contributed by atoms with E-state index in [2.05, 4.69) is 4.90 Å². The van der Waals surface area contributed by atoms with Crippen molar-refractivity contribution in [2.24, 2.45) is 5.73 Å². The quantitative estimate of drug-likeness (QED) is 0.842. The number of carbonyl (C=O) groups excluding carboxylic acids is 1. The van der Waals surface area contributed by atoms with E-state index in [0.29, 0.717) is 22.9 Å². The molecule has 4 nitrogen and oxygen atoms in total. The molecule has 1 aromatic rings. The molecule has 0 amide bonds. The lowest BCUT2D eigenvalue weighted by Crippen LogP contribution is -2.31. The van der Waals surface area contributed by atoms with Crippen molar-refractivity contribution in [1.82, 2.24) is 4.90 Å². The topological polar surface area (TPSA) is 55.6 Å². The number of likely N-dealkylation sites (tertiary alicyclic amines) is 1. The molecule has 1 aliphatic heterocycles. The van der Waals surface area contributed by atoms with Crippen molar-refractivity contribution in [3.63, 3.8) is 0 Å². The number of nitrogens with two attached hydrogens (primary N) is 1. The summed E-state index contributed by atoms with van der Waals surface area (Å²) >= 11 is 6.00. The van der Waals surface area contributed by atoms with E-state index in [-0.39, 0.29) is 11.8 Å². The number of methoxy groups -OCH3 is 1. The molecule has 18 heavy (non-hydrogen) atoms. The molecule has 1 aliphatic rings. The normalized spacial score (nSPS) is 20.1. The first-order valence-corrected chi connectivity index (χ1v) is 6.32. The third kappa shape index (κ3) is 3.02. The second-order valence-corrected chi connectivity index (χ2v) is 4.96. The van der Waals surface area contributed by atoms with Crippen molar-refractivity contribution in [2.75, 3.05) is 26.7 Å². The summed E-state index contributed by atoms with van der Waals surface area (Å²) in [7, 11) is 1.55. The van der Waals surface area contributed by atoms with Gasteiger partial charge in [0.1, 0.15) is 5.75 Å². The molecule has 0 saturated carbocycles. The lowest BCUT2D eigenvalue weighted by atomic mass is 10.1. The Kier molecular flexibility index (Phi) is 4.22. The van der Waals surface area contributed by atoms with Crippen molar-refractivity contribution in [3.8, 4) is 5.75 Å². The van der Waals surface area contributed by atoms with Crippen LogP contribution in [0.5, 0.6) is 5.75 Å². The summed E-state index contributed by atoms with van der Waals surface area (Å²) < 4.78 is 5.06. The Morgan fingerprint density at radius 1 is 1.61 bits per heavy atom. The van der Waals surface area contributed by atoms with Crippen LogP contribution in [0.15, 0.2) is 18.2 Å². The van der Waals surface area contributed by atoms with Crippen LogP contribution in [-0.2, 0) is 0 Å². The van der Waals surface area contributed by atoms with Crippen LogP contribution in [0.4, 0.5) is 0 Å². The number of ether oxygens (including phenoxy) is 1. The van der Waals surface area contributed by atoms with Gasteiger partial charge in [-0.15, -0.1) is 0 Å². The standard InChI is InChI=1S/C13H17ClN2O2/c1-18-13-3-2-9(6-11(13)14)12(17)8-16-5-4-10(15)7-16/h2-3,6,10H,4-5,7-8,15H2,1H3. The van der Waals surface area contributed by atoms with Crippen molar-refractivity contribution < 1.29 is 9.53 Å². The van der Waals surface area contributed by atoms with Crippen molar-refractivity contribution >= 4 is 17.4 Å². The van der Waals surface area contributed by atoms with Crippen molar-refractivity contribution in [3.05, 3.63) is 28.8 Å². The van der Waals surface area contributed by atoms with Gasteiger partial charge in [0.25, 0.3) is 0 Å². The lowest BCUT2D eigenvalue weighted by molar-refractivity contribution is 0.0945. The summed E-state index contributed by atoms with van der Waals surface area (Å²) in [6, 6.07) is 5.30. The van der Waals surface area contributed by atoms with Gasteiger partial charge in [0.2, 0.25) is 0 Å². The lowest BCUT2D eigenvalue weighted by Gasteiger charge is -2.14. The minimum absolute atomic E-state index is 0.0636. The molecule has 5 heteroatoms. The zero-order valence-corrected chi connectivity index (χ0v) is 11.1. The van der Waals surface area contributed by atoms with E-state index < -0.39 is 0 Å². The average molecular weight is 269 g/mol. The summed E-state index contributed by atoms with van der Waals surface area (Å²) in [6.45, 7) is 2.07. The highest BCUT2D eigenvalue weighted by Crippen LogP contribution is 2.25. The van der Waals surface area contributed by atoms with Gasteiger partial charge in [0, 0.05) is 24.7 Å². The second kappa shape index (κ2) is 5.69. The van der Waals surface area contributed by atoms with E-state index in [1.165, 1.54) is 0 Å². The van der Waals surface area contributed by atoms with E-state index >= 15 is 0 Å². The smallest absolute Gasteiger partial charge is 0.176 e. The number of ketones is 1. The summed E-state index contributed by atoms with van der Waals surface area (Å²) in [4.78, 5) is 14.2. The first kappa shape index (κ1) is 13.3. The Morgan fingerprint density at radius 3 is 2.94 bits per heavy atom. The summed E-state index contributed by atoms with van der Waals surface area (Å²) in [6.07, 6.45) is 0.955. The Bertz CT molecular complexity index is 451. The molecule has 2 rings (SSSR count). The molecule has 2 N–H and O–H groups in total. The molecule has 1 unspecified atom stereocenters. The monoisotopic (exact) mass is 268 g/mol. The van der Waals surface area contributed by atoms with Gasteiger partial charge < -0.3 is 10.5 Å². The number of halogens is 1. The van der Waals surface area contributed by atoms with E-state index in [0.717, 1.165) is 19.5 Å². The molecular formula is C13H17ClN2O2. The van der Waals surface area contributed by atoms with E-state index in [1.807, 2.05) is 0 Å². The fourth-order valence-electron chi connectivity index (χ4n) is 2.14. The molecule has 98 valence electrons. The molecular weight excluding hydrogens is 252 g/mol. The number of nitrogens with zero attached hydrogens (tertiary/aromatic N) is 1. The average Bonchev–Trinajstić information content (AvgIpc) is 2.74. The van der Waals surface area contributed by atoms with Crippen LogP contribution in [0.2, 0.25) is 5.02 Å². The minimum atomic E-state index is 0.0636. The molecule has 0 bridgehead atoms. The van der Waals surface area contributed by atoms with E-state index in [1.54, 1.807) is 25.3 Å². The van der Waals surface area contributed by atoms with Crippen molar-refractivity contribution in [2.45, 2.75) is 12.5 Å². The maximum absolute atomic E-state index is 12.1. The highest BCUT2D eigenvalue weighted by molar-refractivity contribution is 6.32. The Labute approximate surface area is 112 Å². The van der Waals surface area contributed by atoms with Crippen LogP contribution in [-0.4, -0.2) is 43.5 Å². The Balaban J connectivity index is 2.02. The predicted octanol–water partition coefficient (Wildman–Crippen LogP) is 1.56. The van der Waals surface area contributed by atoms with Gasteiger partial charge >= 0.3 is 0 Å². The SMILES string of the molecule is COc1ccc(C(=O)CN2CCC(N)C2)cc1Cl. The highest BCUT2D eigenvalue weighted by Gasteiger charge is 2.21. The molecule has 1 atom stereocenters. The zero-order chi connectivity index (χ0) is 13.1. The number of rotatable bonds is 4. The molecule has 0 aliphatic carbocycles. The van der Waals surface area contributed by atoms with Gasteiger partial charge in [0.15, 0.2) is 5.78 Å². The van der Waals surface area contributed by atoms with Crippen LogP contribution in [0, 0.1) is 0 Å². The molecule has 1 fully saturated rings. The van der Waals surface area contributed by atoms with Crippen LogP contribution in [0.1, 0.15) is 16.8 Å². The highest BCUT2D eigenvalue weighted by atomic mass is 35.5. The van der Waals surface area contributed by atoms with Gasteiger partial charge in [0.05, 0.1) is 18.7 Å². The molecule has 0 radical (unpaired) electrons. The molecule has 0 aromatic heterocycles. The third-order valence-electron chi connectivity index (χ3n) is 3.15. The number of benzene rings is 1. The van der Waals surface area contributed by atoms with Gasteiger partial charge in [-0.2, -0.15) is 0 Å². The third-order valence-corrected chi connectivity index (χ3v) is 3.45. The first-order valence-electron chi connectivity index (χ1n) is 5.95. The van der Waals surface area contributed by atoms with Crippen LogP contribution >= 0.6 is 11.6 Å². The number of hydrogen-bond donors (Lipinski definition) is 1. The zero-order valence-electron chi connectivity index (χ0n) is 10.4. The molecule has 1 aromatic carbocycles. The van der Waals surface area contributed by atoms with E-state index in [9.17, 15) is 4.79 Å². The van der Waals surface area contributed by atoms with Gasteiger partial charge in [-0.1, -0.05) is 11.6 Å². The Morgan fingerprint density at radius 2 is 2.39 bits per heavy atom. The fraction of sp³-hybridized carbons (Fsp3) is 0.462. The molecule has 1 saturated heterocycles. The Hall–Kier alpha value is -1.10. The number of Topliss-reactive ketones (excluding diaryl/α,β-unsaturated/α-hetero) is 1. The number of carbonyl (C=O) groups is 1. The van der Waals surface area contributed by atoms with Crippen molar-refractivity contribution in [1.29, 1.82) is 0 Å². The largest absolute Gasteiger partial charge is 0.495 e. The summed E-state index contributed by atoms with van der Waals surface area (Å²) in [5.41, 5.74) is 6.42. The van der Waals surface area contributed by atoms with Crippen LogP contribution < -0.4 is 10.5 Å². The maximum atomic E-state index is 12.1. The minimum Gasteiger partial charge on any atom is -0.495 e. The van der Waals surface area contributed by atoms with Crippen LogP contribution in [0.3, 0.4) is 0 Å². The summed E-state index contributed by atoms with van der Waals surface area (Å²) in [5, 5.41) is 0.460. The number of hydrogen-bond acceptors (Lipinski definition) is 4. The van der Waals surface area contributed by atoms with E-state index in [4.69, 9.17) is 22.1 Å². The fourth-order valence-corrected chi connectivity index (χ4v) is 2.40. The second-order valence-electron chi connectivity index (χ2n) is 4.56. The first-order chi connectivity index (χ1) is 8.60. The van der Waals surface area contributed by atoms with Gasteiger partial charge in [-0.05, 0) is 24.6 Å². The summed E-state index contributed by atoms with van der Waals surface area (Å²) in [5.74, 6) is 0.644. The van der Waals surface area contributed by atoms with Gasteiger partial charge in [-0.25, -0.2) is 0 Å². The maximum Gasteiger partial charge on any atom is 0.176 e. The van der Waals surface area contributed by atoms with Gasteiger partial charge in [-0.3, -0.25) is 9.69 Å². The van der Waals surface area contributed by atoms with Crippen LogP contribution in [0.25, 0.3) is 0 Å². The predicted molar refractivity (Wildman–Crippen MR) is 71.4 cm³/mol.